The molecule has 2 aliphatic rings. The highest BCUT2D eigenvalue weighted by Gasteiger charge is 2.48. The number of amides is 2. The Hall–Kier alpha value is -3.14. The fourth-order valence-corrected chi connectivity index (χ4v) is 4.46. The van der Waals surface area contributed by atoms with E-state index in [1.54, 1.807) is 24.3 Å². The van der Waals surface area contributed by atoms with Gasteiger partial charge < -0.3 is 20.5 Å². The number of nitrogen functional groups attached to an aromatic ring is 1. The van der Waals surface area contributed by atoms with Gasteiger partial charge in [-0.25, -0.2) is 4.79 Å². The second-order valence-corrected chi connectivity index (χ2v) is 8.56. The topological polar surface area (TPSA) is 93.9 Å². The minimum Gasteiger partial charge on any atom is -0.441 e. The lowest BCUT2D eigenvalue weighted by Crippen LogP contribution is -2.41. The van der Waals surface area contributed by atoms with Gasteiger partial charge in [-0.05, 0) is 49.9 Å². The number of rotatable bonds is 4. The number of nitrogens with zero attached hydrogens (tertiary/aromatic N) is 1. The first-order valence-electron chi connectivity index (χ1n) is 10.3. The van der Waals surface area contributed by atoms with Crippen molar-refractivity contribution in [2.24, 2.45) is 5.92 Å². The molecule has 4 rings (SSSR count). The highest BCUT2D eigenvalue weighted by atomic mass is 35.5. The molecule has 2 aromatic carbocycles. The van der Waals surface area contributed by atoms with Gasteiger partial charge in [-0.3, -0.25) is 9.69 Å². The summed E-state index contributed by atoms with van der Waals surface area (Å²) in [5.41, 5.74) is 5.81. The number of nitrogens with two attached hydrogens (primary N) is 1. The van der Waals surface area contributed by atoms with Crippen molar-refractivity contribution in [1.82, 2.24) is 0 Å². The predicted molar refractivity (Wildman–Crippen MR) is 116 cm³/mol. The molecule has 7 nitrogen and oxygen atoms in total. The fourth-order valence-electron chi connectivity index (χ4n) is 4.22. The summed E-state index contributed by atoms with van der Waals surface area (Å²) in [4.78, 5) is 26.7. The van der Waals surface area contributed by atoms with Gasteiger partial charge in [0, 0.05) is 12.0 Å². The van der Waals surface area contributed by atoms with E-state index in [0.717, 1.165) is 12.1 Å². The van der Waals surface area contributed by atoms with Gasteiger partial charge in [0.25, 0.3) is 0 Å². The van der Waals surface area contributed by atoms with Crippen LogP contribution in [0.15, 0.2) is 42.5 Å². The van der Waals surface area contributed by atoms with E-state index in [2.05, 4.69) is 10.1 Å². The fraction of sp³-hybridized carbons (Fsp3) is 0.364. The molecule has 11 heteroatoms. The van der Waals surface area contributed by atoms with Crippen molar-refractivity contribution < 1.29 is 32.2 Å². The maximum Gasteiger partial charge on any atom is 0.573 e. The lowest BCUT2D eigenvalue weighted by atomic mass is 9.78. The molecule has 2 fully saturated rings. The first-order valence-corrected chi connectivity index (χ1v) is 10.6. The van der Waals surface area contributed by atoms with Crippen molar-refractivity contribution in [3.63, 3.8) is 0 Å². The molecule has 1 saturated carbocycles. The second kappa shape index (κ2) is 8.66. The predicted octanol–water partition coefficient (Wildman–Crippen LogP) is 5.35. The molecule has 0 aromatic heterocycles. The Morgan fingerprint density at radius 2 is 1.91 bits per heavy atom. The van der Waals surface area contributed by atoms with Crippen LogP contribution in [0.5, 0.6) is 5.75 Å². The van der Waals surface area contributed by atoms with Crippen LogP contribution in [-0.2, 0) is 9.53 Å². The molecule has 0 unspecified atom stereocenters. The van der Waals surface area contributed by atoms with Gasteiger partial charge in [0.15, 0.2) is 0 Å². The molecule has 0 bridgehead atoms. The van der Waals surface area contributed by atoms with E-state index in [1.807, 2.05) is 0 Å². The van der Waals surface area contributed by atoms with E-state index in [4.69, 9.17) is 22.1 Å². The van der Waals surface area contributed by atoms with Gasteiger partial charge in [-0.2, -0.15) is 0 Å². The number of hydrogen-bond acceptors (Lipinski definition) is 5. The summed E-state index contributed by atoms with van der Waals surface area (Å²) in [6.45, 7) is 0.327. The van der Waals surface area contributed by atoms with E-state index in [9.17, 15) is 22.8 Å². The van der Waals surface area contributed by atoms with Crippen molar-refractivity contribution in [2.75, 3.05) is 22.5 Å². The maximum atomic E-state index is 12.7. The molecule has 0 radical (unpaired) electrons. The van der Waals surface area contributed by atoms with Crippen molar-refractivity contribution >= 4 is 40.7 Å². The van der Waals surface area contributed by atoms with Crippen LogP contribution in [0, 0.1) is 5.92 Å². The van der Waals surface area contributed by atoms with Crippen LogP contribution < -0.4 is 20.7 Å². The molecule has 176 valence electrons. The highest BCUT2D eigenvalue weighted by Crippen LogP contribution is 2.42. The van der Waals surface area contributed by atoms with Crippen molar-refractivity contribution in [3.8, 4) is 5.75 Å². The van der Waals surface area contributed by atoms with Crippen LogP contribution in [0.2, 0.25) is 5.02 Å². The van der Waals surface area contributed by atoms with E-state index in [-0.39, 0.29) is 17.3 Å². The lowest BCUT2D eigenvalue weighted by Gasteiger charge is -2.34. The zero-order valence-electron chi connectivity index (χ0n) is 17.3. The maximum absolute atomic E-state index is 12.7. The van der Waals surface area contributed by atoms with Crippen LogP contribution in [-0.4, -0.2) is 30.5 Å². The Morgan fingerprint density at radius 3 is 2.58 bits per heavy atom. The van der Waals surface area contributed by atoms with E-state index < -0.39 is 29.7 Å². The van der Waals surface area contributed by atoms with Gasteiger partial charge in [-0.15, -0.1) is 13.2 Å². The average molecular weight is 484 g/mol. The van der Waals surface area contributed by atoms with Crippen LogP contribution in [0.4, 0.5) is 35.0 Å². The highest BCUT2D eigenvalue weighted by molar-refractivity contribution is 6.33. The minimum absolute atomic E-state index is 0.0409. The quantitative estimate of drug-likeness (QED) is 0.572. The van der Waals surface area contributed by atoms with E-state index in [1.165, 1.54) is 11.0 Å². The SMILES string of the molecule is Nc1ccc(OC(F)(F)F)cc1NC(=O)[C@H]1CC[C@]2(CC1)CN(c1ccccc1Cl)C(=O)O2. The van der Waals surface area contributed by atoms with E-state index in [0.29, 0.717) is 42.9 Å². The normalized spacial score (nSPS) is 22.8. The zero-order chi connectivity index (χ0) is 23.8. The standard InChI is InChI=1S/C22H21ClF3N3O4/c23-15-3-1-2-4-18(15)29-12-21(33-20(29)31)9-7-13(8-10-21)19(30)28-17-11-14(5-6-16(17)27)32-22(24,25)26/h1-6,11,13H,7-10,12,27H2,(H,28,30)/t13-,21-. The number of nitrogens with one attached hydrogen (secondary N) is 1. The second-order valence-electron chi connectivity index (χ2n) is 8.15. The first-order chi connectivity index (χ1) is 15.6. The molecule has 1 spiro atoms. The molecule has 1 saturated heterocycles. The van der Waals surface area contributed by atoms with Gasteiger partial charge >= 0.3 is 12.5 Å². The molecular weight excluding hydrogens is 463 g/mol. The van der Waals surface area contributed by atoms with Gasteiger partial charge in [0.05, 0.1) is 28.6 Å². The number of hydrogen-bond donors (Lipinski definition) is 2. The first kappa shape index (κ1) is 23.0. The largest absolute Gasteiger partial charge is 0.573 e. The summed E-state index contributed by atoms with van der Waals surface area (Å²) in [6.07, 6.45) is -3.54. The molecule has 1 heterocycles. The van der Waals surface area contributed by atoms with Crippen LogP contribution in [0.1, 0.15) is 25.7 Å². The zero-order valence-corrected chi connectivity index (χ0v) is 18.1. The van der Waals surface area contributed by atoms with Crippen LogP contribution in [0.3, 0.4) is 0 Å². The Morgan fingerprint density at radius 1 is 1.21 bits per heavy atom. The third kappa shape index (κ3) is 5.11. The monoisotopic (exact) mass is 483 g/mol. The van der Waals surface area contributed by atoms with Crippen molar-refractivity contribution in [2.45, 2.75) is 37.6 Å². The average Bonchev–Trinajstić information content (AvgIpc) is 3.05. The molecule has 0 atom stereocenters. The molecule has 2 amide bonds. The summed E-state index contributed by atoms with van der Waals surface area (Å²) >= 11 is 6.21. The van der Waals surface area contributed by atoms with Gasteiger partial charge in [-0.1, -0.05) is 23.7 Å². The number of carbonyl (C=O) groups excluding carboxylic acids is 2. The number of benzene rings is 2. The Labute approximate surface area is 192 Å². The lowest BCUT2D eigenvalue weighted by molar-refractivity contribution is -0.274. The number of alkyl halides is 3. The summed E-state index contributed by atoms with van der Waals surface area (Å²) in [7, 11) is 0. The molecule has 1 aliphatic carbocycles. The number of halogens is 4. The summed E-state index contributed by atoms with van der Waals surface area (Å²) in [5.74, 6) is -1.25. The summed E-state index contributed by atoms with van der Waals surface area (Å²) in [5, 5.41) is 3.03. The Bertz CT molecular complexity index is 1070. The van der Waals surface area contributed by atoms with Gasteiger partial charge in [0.2, 0.25) is 5.91 Å². The number of para-hydroxylation sites is 1. The molecular formula is C22H21ClF3N3O4. The smallest absolute Gasteiger partial charge is 0.441 e. The Kier molecular flexibility index (Phi) is 6.04. The summed E-state index contributed by atoms with van der Waals surface area (Å²) < 4.78 is 47.0. The van der Waals surface area contributed by atoms with E-state index >= 15 is 0 Å². The Balaban J connectivity index is 1.39. The number of anilines is 3. The number of carbonyl (C=O) groups is 2. The summed E-state index contributed by atoms with van der Waals surface area (Å²) in [6, 6.07) is 10.3. The molecule has 3 N–H and O–H groups in total. The number of ether oxygens (including phenoxy) is 2. The molecule has 33 heavy (non-hydrogen) atoms. The van der Waals surface area contributed by atoms with Crippen LogP contribution >= 0.6 is 11.6 Å². The molecule has 2 aromatic rings. The minimum atomic E-state index is -4.86. The molecule has 1 aliphatic heterocycles. The van der Waals surface area contributed by atoms with Crippen LogP contribution in [0.25, 0.3) is 0 Å². The van der Waals surface area contributed by atoms with Gasteiger partial charge in [0.1, 0.15) is 11.4 Å². The third-order valence-electron chi connectivity index (χ3n) is 5.90. The van der Waals surface area contributed by atoms with Crippen molar-refractivity contribution in [1.29, 1.82) is 0 Å². The third-order valence-corrected chi connectivity index (χ3v) is 6.22. The van der Waals surface area contributed by atoms with Crippen molar-refractivity contribution in [3.05, 3.63) is 47.5 Å².